The number of esters is 1. The maximum absolute atomic E-state index is 11.3. The van der Waals surface area contributed by atoms with E-state index in [0.717, 1.165) is 18.4 Å². The van der Waals surface area contributed by atoms with Crippen molar-refractivity contribution >= 4 is 5.97 Å². The summed E-state index contributed by atoms with van der Waals surface area (Å²) >= 11 is 0. The van der Waals surface area contributed by atoms with Gasteiger partial charge in [0.15, 0.2) is 0 Å². The fraction of sp³-hybridized carbons (Fsp3) is 0.667. The summed E-state index contributed by atoms with van der Waals surface area (Å²) in [6.07, 6.45) is 12.2. The number of ether oxygens (including phenoxy) is 1. The van der Waals surface area contributed by atoms with Crippen molar-refractivity contribution in [3.05, 3.63) is 24.5 Å². The van der Waals surface area contributed by atoms with Gasteiger partial charge in [-0.2, -0.15) is 0 Å². The molecule has 2 heteroatoms. The molecule has 0 unspecified atom stereocenters. The number of allylic oxidation sites excluding steroid dienone is 2. The molecule has 0 aromatic heterocycles. The molecule has 17 heavy (non-hydrogen) atoms. The summed E-state index contributed by atoms with van der Waals surface area (Å²) in [6, 6.07) is 0. The molecule has 0 rings (SSSR count). The van der Waals surface area contributed by atoms with Gasteiger partial charge in [0.25, 0.3) is 0 Å². The Kier molecular flexibility index (Phi) is 10.7. The molecule has 0 spiro atoms. The smallest absolute Gasteiger partial charge is 0.310 e. The van der Waals surface area contributed by atoms with E-state index >= 15 is 0 Å². The van der Waals surface area contributed by atoms with Gasteiger partial charge in [0.05, 0.1) is 6.26 Å². The highest BCUT2D eigenvalue weighted by Crippen LogP contribution is 2.08. The Balaban J connectivity index is 3.30. The first-order valence-electron chi connectivity index (χ1n) is 6.68. The molecule has 0 aliphatic heterocycles. The van der Waals surface area contributed by atoms with Crippen molar-refractivity contribution < 1.29 is 9.53 Å². The van der Waals surface area contributed by atoms with Crippen LogP contribution in [0.2, 0.25) is 0 Å². The molecule has 0 aromatic carbocycles. The van der Waals surface area contributed by atoms with Crippen LogP contribution in [0, 0.1) is 0 Å². The molecule has 0 bridgehead atoms. The van der Waals surface area contributed by atoms with Crippen molar-refractivity contribution in [3.8, 4) is 0 Å². The van der Waals surface area contributed by atoms with Crippen molar-refractivity contribution in [2.24, 2.45) is 0 Å². The topological polar surface area (TPSA) is 26.3 Å². The SMILES string of the molecule is C=C(C)C=COC(=O)CCCCCCCCC. The summed E-state index contributed by atoms with van der Waals surface area (Å²) in [4.78, 5) is 11.3. The second-order valence-electron chi connectivity index (χ2n) is 4.51. The number of rotatable bonds is 10. The number of hydrogen-bond acceptors (Lipinski definition) is 2. The second-order valence-corrected chi connectivity index (χ2v) is 4.51. The van der Waals surface area contributed by atoms with Crippen LogP contribution in [-0.4, -0.2) is 5.97 Å². The van der Waals surface area contributed by atoms with E-state index in [1.165, 1.54) is 38.4 Å². The average Bonchev–Trinajstić information content (AvgIpc) is 2.27. The monoisotopic (exact) mass is 238 g/mol. The van der Waals surface area contributed by atoms with Gasteiger partial charge in [-0.1, -0.05) is 57.6 Å². The van der Waals surface area contributed by atoms with Crippen LogP contribution >= 0.6 is 0 Å². The van der Waals surface area contributed by atoms with Gasteiger partial charge < -0.3 is 4.74 Å². The molecule has 0 saturated carbocycles. The highest BCUT2D eigenvalue weighted by molar-refractivity contribution is 5.69. The first-order chi connectivity index (χ1) is 8.16. The predicted molar refractivity (Wildman–Crippen MR) is 72.7 cm³/mol. The number of carbonyl (C=O) groups excluding carboxylic acids is 1. The molecule has 2 nitrogen and oxygen atoms in total. The lowest BCUT2D eigenvalue weighted by atomic mass is 10.1. The van der Waals surface area contributed by atoms with E-state index in [-0.39, 0.29) is 5.97 Å². The Morgan fingerprint density at radius 3 is 2.29 bits per heavy atom. The molecule has 0 aliphatic carbocycles. The molecule has 0 atom stereocenters. The maximum Gasteiger partial charge on any atom is 0.310 e. The van der Waals surface area contributed by atoms with Crippen LogP contribution < -0.4 is 0 Å². The minimum Gasteiger partial charge on any atom is -0.434 e. The molecular weight excluding hydrogens is 212 g/mol. The van der Waals surface area contributed by atoms with E-state index in [9.17, 15) is 4.79 Å². The van der Waals surface area contributed by atoms with E-state index < -0.39 is 0 Å². The molecule has 0 aromatic rings. The molecule has 98 valence electrons. The lowest BCUT2D eigenvalue weighted by Gasteiger charge is -2.01. The van der Waals surface area contributed by atoms with Crippen molar-refractivity contribution in [2.45, 2.75) is 65.2 Å². The van der Waals surface area contributed by atoms with Gasteiger partial charge in [-0.25, -0.2) is 0 Å². The first kappa shape index (κ1) is 16.0. The van der Waals surface area contributed by atoms with Crippen LogP contribution in [0.3, 0.4) is 0 Å². The van der Waals surface area contributed by atoms with Gasteiger partial charge in [-0.3, -0.25) is 4.79 Å². The summed E-state index contributed by atoms with van der Waals surface area (Å²) in [5.74, 6) is -0.143. The van der Waals surface area contributed by atoms with Crippen molar-refractivity contribution in [1.29, 1.82) is 0 Å². The Morgan fingerprint density at radius 2 is 1.71 bits per heavy atom. The van der Waals surface area contributed by atoms with Crippen LogP contribution in [-0.2, 0) is 9.53 Å². The largest absolute Gasteiger partial charge is 0.434 e. The third-order valence-electron chi connectivity index (χ3n) is 2.54. The molecule has 0 fully saturated rings. The zero-order valence-corrected chi connectivity index (χ0v) is 11.3. The number of hydrogen-bond donors (Lipinski definition) is 0. The number of unbranched alkanes of at least 4 members (excludes halogenated alkanes) is 6. The van der Waals surface area contributed by atoms with E-state index in [4.69, 9.17) is 4.74 Å². The maximum atomic E-state index is 11.3. The normalized spacial score (nSPS) is 10.7. The fourth-order valence-corrected chi connectivity index (χ4v) is 1.51. The summed E-state index contributed by atoms with van der Waals surface area (Å²) in [7, 11) is 0. The quantitative estimate of drug-likeness (QED) is 0.237. The molecule has 0 saturated heterocycles. The highest BCUT2D eigenvalue weighted by Gasteiger charge is 2.00. The van der Waals surface area contributed by atoms with Crippen LogP contribution in [0.5, 0.6) is 0 Å². The molecule has 0 heterocycles. The molecular formula is C15H26O2. The highest BCUT2D eigenvalue weighted by atomic mass is 16.5. The minimum atomic E-state index is -0.143. The Morgan fingerprint density at radius 1 is 1.12 bits per heavy atom. The number of carbonyl (C=O) groups is 1. The Bertz CT molecular complexity index is 241. The van der Waals surface area contributed by atoms with Crippen LogP contribution in [0.4, 0.5) is 0 Å². The fourth-order valence-electron chi connectivity index (χ4n) is 1.51. The van der Waals surface area contributed by atoms with Gasteiger partial charge in [0, 0.05) is 6.42 Å². The summed E-state index contributed by atoms with van der Waals surface area (Å²) in [5.41, 5.74) is 0.883. The van der Waals surface area contributed by atoms with Crippen LogP contribution in [0.25, 0.3) is 0 Å². The Hall–Kier alpha value is -1.05. The van der Waals surface area contributed by atoms with Crippen LogP contribution in [0.1, 0.15) is 65.2 Å². The van der Waals surface area contributed by atoms with Gasteiger partial charge in [-0.15, -0.1) is 0 Å². The van der Waals surface area contributed by atoms with Crippen molar-refractivity contribution in [3.63, 3.8) is 0 Å². The zero-order chi connectivity index (χ0) is 12.9. The molecule has 0 radical (unpaired) electrons. The van der Waals surface area contributed by atoms with Gasteiger partial charge in [0.1, 0.15) is 0 Å². The van der Waals surface area contributed by atoms with E-state index in [1.807, 2.05) is 6.92 Å². The molecule has 0 amide bonds. The zero-order valence-electron chi connectivity index (χ0n) is 11.3. The van der Waals surface area contributed by atoms with E-state index in [0.29, 0.717) is 6.42 Å². The van der Waals surface area contributed by atoms with Gasteiger partial charge in [-0.05, 0) is 19.4 Å². The summed E-state index contributed by atoms with van der Waals surface area (Å²) in [5, 5.41) is 0. The van der Waals surface area contributed by atoms with Crippen molar-refractivity contribution in [2.75, 3.05) is 0 Å². The summed E-state index contributed by atoms with van der Waals surface area (Å²) in [6.45, 7) is 7.76. The third kappa shape index (κ3) is 12.9. The predicted octanol–water partition coefficient (Wildman–Crippen LogP) is 4.76. The van der Waals surface area contributed by atoms with Gasteiger partial charge >= 0.3 is 5.97 Å². The lowest BCUT2D eigenvalue weighted by molar-refractivity contribution is -0.138. The lowest BCUT2D eigenvalue weighted by Crippen LogP contribution is -1.98. The summed E-state index contributed by atoms with van der Waals surface area (Å²) < 4.78 is 4.92. The molecule has 0 N–H and O–H groups in total. The third-order valence-corrected chi connectivity index (χ3v) is 2.54. The first-order valence-corrected chi connectivity index (χ1v) is 6.68. The van der Waals surface area contributed by atoms with E-state index in [1.54, 1.807) is 6.08 Å². The Labute approximate surface area is 106 Å². The van der Waals surface area contributed by atoms with Gasteiger partial charge in [0.2, 0.25) is 0 Å². The molecule has 0 aliphatic rings. The van der Waals surface area contributed by atoms with Crippen LogP contribution in [0.15, 0.2) is 24.5 Å². The standard InChI is InChI=1S/C15H26O2/c1-4-5-6-7-8-9-10-11-15(16)17-13-12-14(2)3/h12-13H,2,4-11H2,1,3H3. The van der Waals surface area contributed by atoms with Crippen molar-refractivity contribution in [1.82, 2.24) is 0 Å². The van der Waals surface area contributed by atoms with E-state index in [2.05, 4.69) is 13.5 Å². The minimum absolute atomic E-state index is 0.143. The average molecular weight is 238 g/mol. The second kappa shape index (κ2) is 11.4.